The lowest BCUT2D eigenvalue weighted by atomic mass is 9.92. The molecule has 2 unspecified atom stereocenters. The van der Waals surface area contributed by atoms with Crippen LogP contribution in [-0.2, 0) is 24.1 Å². The predicted octanol–water partition coefficient (Wildman–Crippen LogP) is 4.72. The van der Waals surface area contributed by atoms with E-state index in [1.165, 1.54) is 5.56 Å². The van der Waals surface area contributed by atoms with Crippen molar-refractivity contribution >= 4 is 35.0 Å². The van der Waals surface area contributed by atoms with E-state index in [9.17, 15) is 9.59 Å². The molecule has 3 aromatic rings. The van der Waals surface area contributed by atoms with E-state index >= 15 is 0 Å². The van der Waals surface area contributed by atoms with Crippen molar-refractivity contribution in [3.8, 4) is 11.1 Å². The smallest absolute Gasteiger partial charge is 0.253 e. The Kier molecular flexibility index (Phi) is 7.40. The van der Waals surface area contributed by atoms with Gasteiger partial charge in [-0.15, -0.1) is 0 Å². The Morgan fingerprint density at radius 1 is 1.00 bits per heavy atom. The normalized spacial score (nSPS) is 21.9. The maximum atomic E-state index is 13.4. The number of carbonyl (C=O) groups is 2. The van der Waals surface area contributed by atoms with Crippen LogP contribution in [0.4, 0.5) is 0 Å². The molecule has 3 aliphatic rings. The van der Waals surface area contributed by atoms with Crippen LogP contribution in [0.2, 0.25) is 10.0 Å². The van der Waals surface area contributed by atoms with Crippen molar-refractivity contribution in [2.45, 2.75) is 38.1 Å². The number of likely N-dealkylation sites (tertiary alicyclic amines) is 1. The summed E-state index contributed by atoms with van der Waals surface area (Å²) in [4.78, 5) is 32.5. The molecule has 7 nitrogen and oxygen atoms in total. The van der Waals surface area contributed by atoms with E-state index in [1.54, 1.807) is 0 Å². The molecule has 3 heterocycles. The van der Waals surface area contributed by atoms with Crippen LogP contribution in [0.3, 0.4) is 0 Å². The topological polar surface area (TPSA) is 72.5 Å². The first-order chi connectivity index (χ1) is 18.9. The number of aryl methyl sites for hydroxylation is 1. The van der Waals surface area contributed by atoms with E-state index < -0.39 is 0 Å². The largest absolute Gasteiger partial charge is 0.339 e. The second-order valence-corrected chi connectivity index (χ2v) is 11.9. The van der Waals surface area contributed by atoms with Crippen LogP contribution in [0.5, 0.6) is 0 Å². The van der Waals surface area contributed by atoms with Crippen molar-refractivity contribution in [1.82, 2.24) is 24.9 Å². The summed E-state index contributed by atoms with van der Waals surface area (Å²) in [5, 5.41) is 8.41. The monoisotopic (exact) mass is 565 g/mol. The summed E-state index contributed by atoms with van der Waals surface area (Å²) in [5.41, 5.74) is 5.70. The average Bonchev–Trinajstić information content (AvgIpc) is 3.56. The molecule has 0 radical (unpaired) electrons. The molecule has 0 saturated carbocycles. The molecule has 2 atom stereocenters. The van der Waals surface area contributed by atoms with Crippen LogP contribution in [-0.4, -0.2) is 82.5 Å². The zero-order chi connectivity index (χ0) is 27.1. The van der Waals surface area contributed by atoms with Crippen molar-refractivity contribution in [1.29, 1.82) is 0 Å². The summed E-state index contributed by atoms with van der Waals surface area (Å²) in [6.07, 6.45) is 6.02. The SMILES string of the molecule is CN1CCN(C(=O)c2ccc(-c3cc(Cl)c(CC4CCN(C5CCc6n[nH]cc6C5)C4=O)c(Cl)c3)cc2)CC1. The van der Waals surface area contributed by atoms with E-state index in [1.807, 2.05) is 47.5 Å². The third kappa shape index (κ3) is 5.32. The van der Waals surface area contributed by atoms with Gasteiger partial charge < -0.3 is 14.7 Å². The molecule has 6 rings (SSSR count). The van der Waals surface area contributed by atoms with Crippen LogP contribution in [0, 0.1) is 5.92 Å². The fourth-order valence-electron chi connectivity index (χ4n) is 6.19. The third-order valence-corrected chi connectivity index (χ3v) is 9.29. The van der Waals surface area contributed by atoms with Gasteiger partial charge in [0.15, 0.2) is 0 Å². The number of hydrogen-bond acceptors (Lipinski definition) is 4. The summed E-state index contributed by atoms with van der Waals surface area (Å²) >= 11 is 13.5. The molecule has 9 heteroatoms. The van der Waals surface area contributed by atoms with Crippen LogP contribution in [0.1, 0.15) is 40.0 Å². The number of carbonyl (C=O) groups excluding carboxylic acids is 2. The summed E-state index contributed by atoms with van der Waals surface area (Å²) in [7, 11) is 2.08. The van der Waals surface area contributed by atoms with Crippen LogP contribution in [0.15, 0.2) is 42.6 Å². The molecule has 1 N–H and O–H groups in total. The lowest BCUT2D eigenvalue weighted by Crippen LogP contribution is -2.47. The Labute approximate surface area is 239 Å². The number of rotatable bonds is 5. The number of nitrogens with one attached hydrogen (secondary N) is 1. The van der Waals surface area contributed by atoms with Crippen LogP contribution >= 0.6 is 23.2 Å². The molecule has 0 spiro atoms. The minimum absolute atomic E-state index is 0.0646. The number of likely N-dealkylation sites (N-methyl/N-ethyl adjacent to an activating group) is 1. The molecule has 1 aliphatic carbocycles. The average molecular weight is 567 g/mol. The Bertz CT molecular complexity index is 1360. The molecular formula is C30H33Cl2N5O2. The Balaban J connectivity index is 1.12. The quantitative estimate of drug-likeness (QED) is 0.486. The van der Waals surface area contributed by atoms with Crippen LogP contribution in [0.25, 0.3) is 11.1 Å². The predicted molar refractivity (Wildman–Crippen MR) is 153 cm³/mol. The molecule has 1 aromatic heterocycles. The zero-order valence-electron chi connectivity index (χ0n) is 22.1. The molecule has 39 heavy (non-hydrogen) atoms. The molecule has 2 amide bonds. The van der Waals surface area contributed by atoms with Gasteiger partial charge in [-0.25, -0.2) is 0 Å². The van der Waals surface area contributed by atoms with Crippen molar-refractivity contribution in [2.75, 3.05) is 39.8 Å². The number of H-pyrrole nitrogens is 1. The highest BCUT2D eigenvalue weighted by atomic mass is 35.5. The third-order valence-electron chi connectivity index (χ3n) is 8.62. The van der Waals surface area contributed by atoms with Crippen molar-refractivity contribution < 1.29 is 9.59 Å². The number of nitrogens with zero attached hydrogens (tertiary/aromatic N) is 4. The second-order valence-electron chi connectivity index (χ2n) is 11.1. The number of benzene rings is 2. The molecule has 2 aromatic carbocycles. The number of piperazine rings is 1. The minimum atomic E-state index is -0.114. The fraction of sp³-hybridized carbons (Fsp3) is 0.433. The second kappa shape index (κ2) is 11.0. The molecule has 0 bridgehead atoms. The van der Waals surface area contributed by atoms with Crippen molar-refractivity contribution in [3.63, 3.8) is 0 Å². The number of aromatic amines is 1. The maximum Gasteiger partial charge on any atom is 0.253 e. The van der Waals surface area contributed by atoms with Gasteiger partial charge >= 0.3 is 0 Å². The first-order valence-corrected chi connectivity index (χ1v) is 14.5. The number of fused-ring (bicyclic) bond motifs is 1. The van der Waals surface area contributed by atoms with Gasteiger partial charge in [0, 0.05) is 66.5 Å². The van der Waals surface area contributed by atoms with Gasteiger partial charge in [-0.1, -0.05) is 35.3 Å². The molecule has 2 fully saturated rings. The molecule has 204 valence electrons. The van der Waals surface area contributed by atoms with E-state index in [4.69, 9.17) is 23.2 Å². The molecule has 2 aliphatic heterocycles. The van der Waals surface area contributed by atoms with Gasteiger partial charge in [0.1, 0.15) is 0 Å². The Morgan fingerprint density at radius 2 is 1.72 bits per heavy atom. The highest BCUT2D eigenvalue weighted by molar-refractivity contribution is 6.36. The lowest BCUT2D eigenvalue weighted by molar-refractivity contribution is -0.133. The standard InChI is InChI=1S/C30H33Cl2N5O2/c1-35-10-12-36(13-11-35)29(38)20-4-2-19(3-5-20)22-16-26(31)25(27(32)17-22)15-21-8-9-37(30(21)39)24-6-7-28-23(14-24)18-33-34-28/h2-5,16-18,21,24H,6-15H2,1H3,(H,33,34). The van der Waals surface area contributed by atoms with Crippen LogP contribution < -0.4 is 0 Å². The highest BCUT2D eigenvalue weighted by Crippen LogP contribution is 2.36. The summed E-state index contributed by atoms with van der Waals surface area (Å²) < 4.78 is 0. The first-order valence-electron chi connectivity index (χ1n) is 13.8. The lowest BCUT2D eigenvalue weighted by Gasteiger charge is -2.32. The number of amides is 2. The number of aromatic nitrogens is 2. The van der Waals surface area contributed by atoms with Crippen molar-refractivity contribution in [2.24, 2.45) is 5.92 Å². The van der Waals surface area contributed by atoms with Gasteiger partial charge in [-0.2, -0.15) is 5.10 Å². The highest BCUT2D eigenvalue weighted by Gasteiger charge is 2.38. The fourth-order valence-corrected chi connectivity index (χ4v) is 6.83. The van der Waals surface area contributed by atoms with E-state index in [2.05, 4.69) is 27.0 Å². The Morgan fingerprint density at radius 3 is 2.44 bits per heavy atom. The van der Waals surface area contributed by atoms with Gasteiger partial charge in [-0.3, -0.25) is 14.7 Å². The summed E-state index contributed by atoms with van der Waals surface area (Å²) in [6, 6.07) is 11.7. The molecular weight excluding hydrogens is 533 g/mol. The summed E-state index contributed by atoms with van der Waals surface area (Å²) in [6.45, 7) is 4.05. The van der Waals surface area contributed by atoms with E-state index in [0.29, 0.717) is 22.0 Å². The number of halogens is 2. The van der Waals surface area contributed by atoms with E-state index in [-0.39, 0.29) is 23.8 Å². The van der Waals surface area contributed by atoms with Gasteiger partial charge in [0.25, 0.3) is 5.91 Å². The van der Waals surface area contributed by atoms with Gasteiger partial charge in [0.2, 0.25) is 5.91 Å². The van der Waals surface area contributed by atoms with Gasteiger partial charge in [0.05, 0.1) is 5.69 Å². The van der Waals surface area contributed by atoms with Crippen molar-refractivity contribution in [3.05, 3.63) is 75.0 Å². The van der Waals surface area contributed by atoms with Gasteiger partial charge in [-0.05, 0) is 85.7 Å². The Hall–Kier alpha value is -2.87. The molecule has 2 saturated heterocycles. The maximum absolute atomic E-state index is 13.4. The number of hydrogen-bond donors (Lipinski definition) is 1. The first kappa shape index (κ1) is 26.4. The zero-order valence-corrected chi connectivity index (χ0v) is 23.6. The van der Waals surface area contributed by atoms with E-state index in [0.717, 1.165) is 80.8 Å². The minimum Gasteiger partial charge on any atom is -0.339 e. The summed E-state index contributed by atoms with van der Waals surface area (Å²) in [5.74, 6) is 0.148.